The maximum Gasteiger partial charge on any atom is 0.337 e. The molecule has 0 N–H and O–H groups in total. The van der Waals surface area contributed by atoms with Gasteiger partial charge >= 0.3 is 5.97 Å². The Labute approximate surface area is 105 Å². The van der Waals surface area contributed by atoms with Crippen LogP contribution in [0.3, 0.4) is 0 Å². The molecular weight excluding hydrogens is 268 g/mol. The van der Waals surface area contributed by atoms with Gasteiger partial charge in [-0.3, -0.25) is 0 Å². The molecular formula is C13H17BrO2. The first-order chi connectivity index (χ1) is 7.68. The molecule has 0 unspecified atom stereocenters. The summed E-state index contributed by atoms with van der Waals surface area (Å²) in [6.07, 6.45) is 10.1. The topological polar surface area (TPSA) is 26.3 Å². The molecule has 0 aromatic heterocycles. The molecule has 0 bridgehead atoms. The predicted molar refractivity (Wildman–Crippen MR) is 67.2 cm³/mol. The highest BCUT2D eigenvalue weighted by molar-refractivity contribution is 9.11. The first-order valence-electron chi connectivity index (χ1n) is 5.95. The highest BCUT2D eigenvalue weighted by Crippen LogP contribution is 2.50. The van der Waals surface area contributed by atoms with E-state index in [1.54, 1.807) is 0 Å². The van der Waals surface area contributed by atoms with Gasteiger partial charge in [0, 0.05) is 9.90 Å². The summed E-state index contributed by atoms with van der Waals surface area (Å²) in [5.74, 6) is -0.193. The maximum atomic E-state index is 11.7. The Hall–Kier alpha value is -0.570. The van der Waals surface area contributed by atoms with Crippen LogP contribution in [0.4, 0.5) is 0 Å². The van der Waals surface area contributed by atoms with E-state index >= 15 is 0 Å². The molecule has 0 heterocycles. The summed E-state index contributed by atoms with van der Waals surface area (Å²) in [7, 11) is 0. The van der Waals surface area contributed by atoms with Crippen molar-refractivity contribution in [3.05, 3.63) is 22.2 Å². The van der Waals surface area contributed by atoms with Crippen LogP contribution in [0.2, 0.25) is 0 Å². The van der Waals surface area contributed by atoms with Crippen LogP contribution in [0.25, 0.3) is 0 Å². The maximum absolute atomic E-state index is 11.7. The molecule has 0 aromatic rings. The molecule has 0 amide bonds. The van der Waals surface area contributed by atoms with Crippen molar-refractivity contribution in [2.45, 2.75) is 39.0 Å². The van der Waals surface area contributed by atoms with E-state index in [9.17, 15) is 4.79 Å². The molecule has 1 spiro atoms. The lowest BCUT2D eigenvalue weighted by atomic mass is 9.75. The van der Waals surface area contributed by atoms with E-state index < -0.39 is 0 Å². The van der Waals surface area contributed by atoms with Gasteiger partial charge in [-0.25, -0.2) is 4.79 Å². The van der Waals surface area contributed by atoms with Gasteiger partial charge in [-0.1, -0.05) is 41.3 Å². The zero-order valence-electron chi connectivity index (χ0n) is 9.59. The smallest absolute Gasteiger partial charge is 0.337 e. The standard InChI is InChI=1S/C13H17BrO2/c1-2-16-12(15)10-8-11(14)13(9-10)6-4-3-5-7-13/h8-9H,2-7H2,1H3. The van der Waals surface area contributed by atoms with E-state index in [4.69, 9.17) is 4.74 Å². The number of ether oxygens (including phenoxy) is 1. The van der Waals surface area contributed by atoms with Crippen molar-refractivity contribution < 1.29 is 9.53 Å². The molecule has 1 fully saturated rings. The van der Waals surface area contributed by atoms with Crippen molar-refractivity contribution in [2.75, 3.05) is 6.61 Å². The van der Waals surface area contributed by atoms with Crippen molar-refractivity contribution >= 4 is 21.9 Å². The third-order valence-electron chi connectivity index (χ3n) is 3.45. The predicted octanol–water partition coefficient (Wildman–Crippen LogP) is 3.72. The second-order valence-corrected chi connectivity index (χ2v) is 5.38. The summed E-state index contributed by atoms with van der Waals surface area (Å²) in [4.78, 5) is 11.7. The molecule has 0 aromatic carbocycles. The zero-order chi connectivity index (χ0) is 11.6. The number of carbonyl (C=O) groups excluding carboxylic acids is 1. The molecule has 88 valence electrons. The Morgan fingerprint density at radius 2 is 2.12 bits per heavy atom. The van der Waals surface area contributed by atoms with Gasteiger partial charge in [-0.15, -0.1) is 0 Å². The Bertz CT molecular complexity index is 349. The third-order valence-corrected chi connectivity index (χ3v) is 4.47. The monoisotopic (exact) mass is 284 g/mol. The second-order valence-electron chi connectivity index (χ2n) is 4.53. The average molecular weight is 285 g/mol. The van der Waals surface area contributed by atoms with Crippen LogP contribution in [-0.4, -0.2) is 12.6 Å². The number of hydrogen-bond donors (Lipinski definition) is 0. The Balaban J connectivity index is 2.18. The van der Waals surface area contributed by atoms with Crippen molar-refractivity contribution in [3.8, 4) is 0 Å². The summed E-state index contributed by atoms with van der Waals surface area (Å²) in [5, 5.41) is 0. The van der Waals surface area contributed by atoms with E-state index in [-0.39, 0.29) is 11.4 Å². The summed E-state index contributed by atoms with van der Waals surface area (Å²) in [5.41, 5.74) is 0.816. The van der Waals surface area contributed by atoms with Gasteiger partial charge in [0.2, 0.25) is 0 Å². The second kappa shape index (κ2) is 4.74. The van der Waals surface area contributed by atoms with Gasteiger partial charge in [-0.2, -0.15) is 0 Å². The minimum atomic E-state index is -0.193. The van der Waals surface area contributed by atoms with E-state index in [2.05, 4.69) is 22.0 Å². The molecule has 2 rings (SSSR count). The molecule has 2 nitrogen and oxygen atoms in total. The van der Waals surface area contributed by atoms with Crippen molar-refractivity contribution in [1.29, 1.82) is 0 Å². The number of allylic oxidation sites excluding steroid dienone is 2. The Kier molecular flexibility index (Phi) is 3.53. The summed E-state index contributed by atoms with van der Waals surface area (Å²) < 4.78 is 6.19. The largest absolute Gasteiger partial charge is 0.462 e. The van der Waals surface area contributed by atoms with E-state index in [0.717, 1.165) is 22.9 Å². The van der Waals surface area contributed by atoms with Crippen molar-refractivity contribution in [2.24, 2.45) is 5.41 Å². The summed E-state index contributed by atoms with van der Waals surface area (Å²) in [6, 6.07) is 0. The third kappa shape index (κ3) is 2.10. The van der Waals surface area contributed by atoms with Gasteiger partial charge < -0.3 is 4.74 Å². The minimum Gasteiger partial charge on any atom is -0.462 e. The van der Waals surface area contributed by atoms with Crippen LogP contribution in [0.5, 0.6) is 0 Å². The molecule has 0 atom stereocenters. The van der Waals surface area contributed by atoms with Gasteiger partial charge in [0.1, 0.15) is 0 Å². The Morgan fingerprint density at radius 1 is 1.44 bits per heavy atom. The molecule has 0 saturated heterocycles. The first kappa shape index (κ1) is 11.9. The quantitative estimate of drug-likeness (QED) is 0.723. The zero-order valence-corrected chi connectivity index (χ0v) is 11.2. The summed E-state index contributed by atoms with van der Waals surface area (Å²) in [6.45, 7) is 2.27. The first-order valence-corrected chi connectivity index (χ1v) is 6.75. The molecule has 2 aliphatic carbocycles. The average Bonchev–Trinajstić information content (AvgIpc) is 2.58. The van der Waals surface area contributed by atoms with E-state index in [1.807, 2.05) is 13.0 Å². The van der Waals surface area contributed by atoms with Crippen LogP contribution in [0.15, 0.2) is 22.2 Å². The minimum absolute atomic E-state index is 0.0976. The molecule has 0 aliphatic heterocycles. The van der Waals surface area contributed by atoms with Crippen molar-refractivity contribution in [3.63, 3.8) is 0 Å². The SMILES string of the molecule is CCOC(=O)C1=CC2(CCCCC2)C(Br)=C1. The molecule has 3 heteroatoms. The fraction of sp³-hybridized carbons (Fsp3) is 0.615. The lowest BCUT2D eigenvalue weighted by Crippen LogP contribution is -2.20. The van der Waals surface area contributed by atoms with Crippen LogP contribution < -0.4 is 0 Å². The fourth-order valence-electron chi connectivity index (χ4n) is 2.59. The lowest BCUT2D eigenvalue weighted by Gasteiger charge is -2.32. The molecule has 0 radical (unpaired) electrons. The Morgan fingerprint density at radius 3 is 2.75 bits per heavy atom. The number of hydrogen-bond acceptors (Lipinski definition) is 2. The van der Waals surface area contributed by atoms with Crippen LogP contribution >= 0.6 is 15.9 Å². The van der Waals surface area contributed by atoms with Crippen LogP contribution in [0, 0.1) is 5.41 Å². The number of carbonyl (C=O) groups is 1. The van der Waals surface area contributed by atoms with Gasteiger partial charge in [0.05, 0.1) is 12.2 Å². The molecule has 1 saturated carbocycles. The highest BCUT2D eigenvalue weighted by Gasteiger charge is 2.37. The number of halogens is 1. The van der Waals surface area contributed by atoms with Gasteiger partial charge in [0.25, 0.3) is 0 Å². The molecule has 2 aliphatic rings. The lowest BCUT2D eigenvalue weighted by molar-refractivity contribution is -0.138. The summed E-state index contributed by atoms with van der Waals surface area (Å²) >= 11 is 3.62. The van der Waals surface area contributed by atoms with Gasteiger partial charge in [0.15, 0.2) is 0 Å². The fourth-order valence-corrected chi connectivity index (χ4v) is 3.34. The van der Waals surface area contributed by atoms with E-state index in [1.165, 1.54) is 19.3 Å². The number of esters is 1. The van der Waals surface area contributed by atoms with E-state index in [0.29, 0.717) is 6.61 Å². The van der Waals surface area contributed by atoms with Crippen molar-refractivity contribution in [1.82, 2.24) is 0 Å². The normalized spacial score (nSPS) is 22.9. The number of rotatable bonds is 2. The highest BCUT2D eigenvalue weighted by atomic mass is 79.9. The van der Waals surface area contributed by atoms with Crippen LogP contribution in [0.1, 0.15) is 39.0 Å². The van der Waals surface area contributed by atoms with Gasteiger partial charge in [-0.05, 0) is 25.8 Å². The molecule has 16 heavy (non-hydrogen) atoms. The van der Waals surface area contributed by atoms with Crippen LogP contribution in [-0.2, 0) is 9.53 Å².